The quantitative estimate of drug-likeness (QED) is 0.726. The lowest BCUT2D eigenvalue weighted by molar-refractivity contribution is 0.0941. The van der Waals surface area contributed by atoms with E-state index in [1.165, 1.54) is 11.3 Å². The highest BCUT2D eigenvalue weighted by molar-refractivity contribution is 9.10. The zero-order valence-electron chi connectivity index (χ0n) is 11.8. The summed E-state index contributed by atoms with van der Waals surface area (Å²) in [5.74, 6) is -0.0824. The molecule has 2 aromatic rings. The summed E-state index contributed by atoms with van der Waals surface area (Å²) in [6, 6.07) is 7.16. The molecule has 0 aliphatic carbocycles. The number of hydrogen-bond donors (Lipinski definition) is 2. The Kier molecular flexibility index (Phi) is 6.71. The summed E-state index contributed by atoms with van der Waals surface area (Å²) < 4.78 is 0.911. The van der Waals surface area contributed by atoms with Crippen molar-refractivity contribution in [2.45, 2.75) is 12.5 Å². The van der Waals surface area contributed by atoms with Crippen LogP contribution in [0.2, 0.25) is 10.0 Å². The van der Waals surface area contributed by atoms with Crippen LogP contribution in [0.4, 0.5) is 0 Å². The van der Waals surface area contributed by atoms with Crippen molar-refractivity contribution in [3.05, 3.63) is 54.6 Å². The number of thiophene rings is 1. The molecule has 0 aliphatic rings. The highest BCUT2D eigenvalue weighted by Crippen LogP contribution is 2.23. The first-order chi connectivity index (χ1) is 10.5. The van der Waals surface area contributed by atoms with Crippen LogP contribution in [-0.2, 0) is 6.42 Å². The van der Waals surface area contributed by atoms with Gasteiger partial charge in [0.1, 0.15) is 0 Å². The Morgan fingerprint density at radius 3 is 2.73 bits per heavy atom. The largest absolute Gasteiger partial charge is 0.347 e. The number of hydrogen-bond acceptors (Lipinski definition) is 3. The van der Waals surface area contributed by atoms with Gasteiger partial charge in [-0.15, -0.1) is 11.3 Å². The first-order valence-electron chi connectivity index (χ1n) is 6.63. The van der Waals surface area contributed by atoms with E-state index < -0.39 is 0 Å². The average molecular weight is 422 g/mol. The molecule has 0 aliphatic heterocycles. The summed E-state index contributed by atoms with van der Waals surface area (Å²) in [4.78, 5) is 12.9. The highest BCUT2D eigenvalue weighted by Gasteiger charge is 2.16. The molecule has 1 unspecified atom stereocenters. The van der Waals surface area contributed by atoms with E-state index in [1.807, 2.05) is 24.6 Å². The van der Waals surface area contributed by atoms with Crippen molar-refractivity contribution < 1.29 is 4.79 Å². The lowest BCUT2D eigenvalue weighted by Gasteiger charge is -2.19. The average Bonchev–Trinajstić information content (AvgIpc) is 2.89. The van der Waals surface area contributed by atoms with Crippen molar-refractivity contribution in [3.63, 3.8) is 0 Å². The van der Waals surface area contributed by atoms with Crippen molar-refractivity contribution in [1.29, 1.82) is 0 Å². The third-order valence-electron chi connectivity index (χ3n) is 3.06. The van der Waals surface area contributed by atoms with E-state index in [2.05, 4.69) is 26.6 Å². The minimum atomic E-state index is -0.0824. The molecule has 0 saturated heterocycles. The molecule has 118 valence electrons. The molecule has 2 N–H and O–H groups in total. The van der Waals surface area contributed by atoms with Gasteiger partial charge < -0.3 is 10.6 Å². The van der Waals surface area contributed by atoms with Gasteiger partial charge in [-0.1, -0.05) is 29.3 Å². The molecule has 1 aromatic carbocycles. The van der Waals surface area contributed by atoms with Crippen molar-refractivity contribution in [2.24, 2.45) is 0 Å². The zero-order valence-corrected chi connectivity index (χ0v) is 15.7. The Bertz CT molecular complexity index is 663. The maximum atomic E-state index is 12.3. The Hall–Kier alpha value is -0.590. The predicted octanol–water partition coefficient (Wildman–Crippen LogP) is 4.38. The van der Waals surface area contributed by atoms with Gasteiger partial charge in [0.15, 0.2) is 0 Å². The molecule has 7 heteroatoms. The van der Waals surface area contributed by atoms with E-state index in [-0.39, 0.29) is 11.9 Å². The first kappa shape index (κ1) is 17.8. The van der Waals surface area contributed by atoms with Gasteiger partial charge in [-0.2, -0.15) is 0 Å². The van der Waals surface area contributed by atoms with Crippen LogP contribution in [0.5, 0.6) is 0 Å². The molecular formula is C15H15BrCl2N2OS. The fourth-order valence-corrected chi connectivity index (χ4v) is 3.88. The van der Waals surface area contributed by atoms with Crippen LogP contribution in [0, 0.1) is 0 Å². The third-order valence-corrected chi connectivity index (χ3v) is 5.34. The smallest absolute Gasteiger partial charge is 0.261 e. The molecule has 3 nitrogen and oxygen atoms in total. The third kappa shape index (κ3) is 4.96. The van der Waals surface area contributed by atoms with Gasteiger partial charge in [-0.25, -0.2) is 0 Å². The lowest BCUT2D eigenvalue weighted by Crippen LogP contribution is -2.42. The fraction of sp³-hybridized carbons (Fsp3) is 0.267. The van der Waals surface area contributed by atoms with Crippen LogP contribution in [0.25, 0.3) is 0 Å². The van der Waals surface area contributed by atoms with Gasteiger partial charge in [0.25, 0.3) is 5.91 Å². The first-order valence-corrected chi connectivity index (χ1v) is 9.06. The van der Waals surface area contributed by atoms with Gasteiger partial charge >= 0.3 is 0 Å². The summed E-state index contributed by atoms with van der Waals surface area (Å²) in [7, 11) is 1.85. The lowest BCUT2D eigenvalue weighted by atomic mass is 10.1. The van der Waals surface area contributed by atoms with Crippen LogP contribution in [0.3, 0.4) is 0 Å². The van der Waals surface area contributed by atoms with Crippen LogP contribution in [-0.4, -0.2) is 25.5 Å². The molecular weight excluding hydrogens is 407 g/mol. The van der Waals surface area contributed by atoms with Crippen LogP contribution in [0.1, 0.15) is 15.2 Å². The Labute approximate surface area is 152 Å². The number of amides is 1. The summed E-state index contributed by atoms with van der Waals surface area (Å²) >= 11 is 16.9. The topological polar surface area (TPSA) is 41.1 Å². The molecule has 22 heavy (non-hydrogen) atoms. The van der Waals surface area contributed by atoms with Crippen LogP contribution >= 0.6 is 50.5 Å². The van der Waals surface area contributed by atoms with Gasteiger partial charge in [-0.3, -0.25) is 4.79 Å². The van der Waals surface area contributed by atoms with Crippen molar-refractivity contribution >= 4 is 56.4 Å². The molecule has 1 amide bonds. The predicted molar refractivity (Wildman–Crippen MR) is 97.4 cm³/mol. The maximum absolute atomic E-state index is 12.3. The normalized spacial score (nSPS) is 12.2. The molecule has 0 radical (unpaired) electrons. The minimum Gasteiger partial charge on any atom is -0.347 e. The summed E-state index contributed by atoms with van der Waals surface area (Å²) in [5, 5.41) is 9.23. The van der Waals surface area contributed by atoms with E-state index >= 15 is 0 Å². The number of likely N-dealkylation sites (N-methyl/N-ethyl adjacent to an activating group) is 1. The maximum Gasteiger partial charge on any atom is 0.261 e. The molecule has 1 atom stereocenters. The number of nitrogens with one attached hydrogen (secondary N) is 2. The number of rotatable bonds is 6. The van der Waals surface area contributed by atoms with Gasteiger partial charge in [0.05, 0.1) is 4.88 Å². The fourth-order valence-electron chi connectivity index (χ4n) is 2.06. The van der Waals surface area contributed by atoms with Gasteiger partial charge in [-0.05, 0) is 53.2 Å². The number of benzene rings is 1. The molecule has 1 aromatic heterocycles. The molecule has 0 saturated carbocycles. The standard InChI is InChI=1S/C15H15BrCl2N2OS/c1-19-7-12(4-9-2-3-11(17)6-13(9)18)20-15(21)14-5-10(16)8-22-14/h2-3,5-6,8,12,19H,4,7H2,1H3,(H,20,21). The van der Waals surface area contributed by atoms with Crippen molar-refractivity contribution in [2.75, 3.05) is 13.6 Å². The Morgan fingerprint density at radius 2 is 2.14 bits per heavy atom. The van der Waals surface area contributed by atoms with E-state index in [1.54, 1.807) is 12.1 Å². The molecule has 0 fully saturated rings. The number of carbonyl (C=O) groups is 1. The highest BCUT2D eigenvalue weighted by atomic mass is 79.9. The van der Waals surface area contributed by atoms with E-state index in [0.29, 0.717) is 27.9 Å². The van der Waals surface area contributed by atoms with Crippen LogP contribution in [0.15, 0.2) is 34.1 Å². The summed E-state index contributed by atoms with van der Waals surface area (Å²) in [6.45, 7) is 0.650. The Morgan fingerprint density at radius 1 is 1.36 bits per heavy atom. The second-order valence-corrected chi connectivity index (χ2v) is 7.47. The summed E-state index contributed by atoms with van der Waals surface area (Å²) in [5.41, 5.74) is 0.957. The second-order valence-electron chi connectivity index (χ2n) is 4.80. The van der Waals surface area contributed by atoms with Crippen LogP contribution < -0.4 is 10.6 Å². The molecule has 2 rings (SSSR count). The SMILES string of the molecule is CNCC(Cc1ccc(Cl)cc1Cl)NC(=O)c1cc(Br)cs1. The van der Waals surface area contributed by atoms with Gasteiger partial charge in [0.2, 0.25) is 0 Å². The second kappa shape index (κ2) is 8.31. The van der Waals surface area contributed by atoms with E-state index in [0.717, 1.165) is 10.0 Å². The van der Waals surface area contributed by atoms with E-state index in [4.69, 9.17) is 23.2 Å². The summed E-state index contributed by atoms with van der Waals surface area (Å²) in [6.07, 6.45) is 0.634. The molecule has 0 bridgehead atoms. The minimum absolute atomic E-state index is 0.0583. The van der Waals surface area contributed by atoms with Crippen molar-refractivity contribution in [3.8, 4) is 0 Å². The zero-order chi connectivity index (χ0) is 16.1. The van der Waals surface area contributed by atoms with E-state index in [9.17, 15) is 4.79 Å². The van der Waals surface area contributed by atoms with Gasteiger partial charge in [0, 0.05) is 32.5 Å². The number of carbonyl (C=O) groups excluding carboxylic acids is 1. The van der Waals surface area contributed by atoms with Crippen molar-refractivity contribution in [1.82, 2.24) is 10.6 Å². The Balaban J connectivity index is 2.07. The molecule has 1 heterocycles. The monoisotopic (exact) mass is 420 g/mol. The molecule has 0 spiro atoms. The number of halogens is 3.